The van der Waals surface area contributed by atoms with Crippen molar-refractivity contribution in [2.45, 2.75) is 57.0 Å². The Kier molecular flexibility index (Phi) is 6.03. The number of rotatable bonds is 6. The Morgan fingerprint density at radius 3 is 2.20 bits per heavy atom. The average Bonchev–Trinajstić information content (AvgIpc) is 3.66. The van der Waals surface area contributed by atoms with Gasteiger partial charge in [0.05, 0.1) is 5.92 Å². The first-order valence-corrected chi connectivity index (χ1v) is 12.5. The number of carboxylic acids is 1. The van der Waals surface area contributed by atoms with E-state index in [9.17, 15) is 19.5 Å². The fourth-order valence-corrected chi connectivity index (χ4v) is 5.90. The Hall–Kier alpha value is -3.35. The predicted octanol–water partition coefficient (Wildman–Crippen LogP) is 4.41. The molecule has 1 saturated heterocycles. The highest BCUT2D eigenvalue weighted by atomic mass is 16.5. The van der Waals surface area contributed by atoms with E-state index >= 15 is 0 Å². The van der Waals surface area contributed by atoms with Gasteiger partial charge in [-0.2, -0.15) is 0 Å². The van der Waals surface area contributed by atoms with Gasteiger partial charge in [-0.1, -0.05) is 48.5 Å². The Morgan fingerprint density at radius 1 is 1.03 bits per heavy atom. The molecule has 0 radical (unpaired) electrons. The lowest BCUT2D eigenvalue weighted by Crippen LogP contribution is -2.63. The molecule has 35 heavy (non-hydrogen) atoms. The summed E-state index contributed by atoms with van der Waals surface area (Å²) in [5.41, 5.74) is 3.45. The van der Waals surface area contributed by atoms with E-state index in [1.165, 1.54) is 0 Å². The molecule has 2 aliphatic carbocycles. The summed E-state index contributed by atoms with van der Waals surface area (Å²) in [6.07, 6.45) is 2.26. The van der Waals surface area contributed by atoms with Crippen LogP contribution in [0.15, 0.2) is 48.5 Å². The molecule has 1 heterocycles. The van der Waals surface area contributed by atoms with Crippen molar-refractivity contribution in [2.24, 2.45) is 11.8 Å². The SMILES string of the molecule is C[C@@H]1[C@H](C(=O)O)CCCN1C(=O)C(C)(NC(=O)OCC1c2ccccc2-c2ccccc21)C1CC1. The molecule has 1 aliphatic heterocycles. The van der Waals surface area contributed by atoms with Gasteiger partial charge in [-0.3, -0.25) is 9.59 Å². The first kappa shape index (κ1) is 23.4. The van der Waals surface area contributed by atoms with Crippen LogP contribution in [-0.2, 0) is 14.3 Å². The van der Waals surface area contributed by atoms with Gasteiger partial charge in [-0.05, 0) is 67.7 Å². The van der Waals surface area contributed by atoms with Crippen LogP contribution in [0.2, 0.25) is 0 Å². The Labute approximate surface area is 205 Å². The molecule has 2 fully saturated rings. The lowest BCUT2D eigenvalue weighted by molar-refractivity contribution is -0.152. The van der Waals surface area contributed by atoms with Crippen LogP contribution in [0.3, 0.4) is 0 Å². The lowest BCUT2D eigenvalue weighted by Gasteiger charge is -2.42. The van der Waals surface area contributed by atoms with Crippen LogP contribution >= 0.6 is 0 Å². The number of hydrogen-bond donors (Lipinski definition) is 2. The van der Waals surface area contributed by atoms with E-state index in [4.69, 9.17) is 4.74 Å². The highest BCUT2D eigenvalue weighted by Crippen LogP contribution is 2.45. The van der Waals surface area contributed by atoms with Gasteiger partial charge in [0.25, 0.3) is 0 Å². The van der Waals surface area contributed by atoms with Crippen molar-refractivity contribution >= 4 is 18.0 Å². The number of piperidine rings is 1. The molecule has 7 heteroatoms. The third kappa shape index (κ3) is 4.17. The summed E-state index contributed by atoms with van der Waals surface area (Å²) in [5, 5.41) is 12.5. The summed E-state index contributed by atoms with van der Waals surface area (Å²) in [4.78, 5) is 40.0. The number of benzene rings is 2. The maximum absolute atomic E-state index is 13.7. The molecule has 7 nitrogen and oxygen atoms in total. The van der Waals surface area contributed by atoms with E-state index in [-0.39, 0.29) is 24.3 Å². The Balaban J connectivity index is 1.30. The van der Waals surface area contributed by atoms with Crippen LogP contribution in [0.5, 0.6) is 0 Å². The summed E-state index contributed by atoms with van der Waals surface area (Å²) < 4.78 is 5.72. The standard InChI is InChI=1S/C28H32N2O5/c1-17-19(25(31)32)12-7-15-30(17)26(33)28(2,18-13-14-18)29-27(34)35-16-24-22-10-5-3-8-20(22)21-9-4-6-11-23(21)24/h3-6,8-11,17-19,24H,7,12-16H2,1-2H3,(H,29,34)(H,31,32)/t17-,19-,28?/m1/s1. The molecule has 184 valence electrons. The predicted molar refractivity (Wildman–Crippen MR) is 131 cm³/mol. The second-order valence-corrected chi connectivity index (χ2v) is 10.3. The molecule has 1 saturated carbocycles. The second-order valence-electron chi connectivity index (χ2n) is 10.3. The third-order valence-corrected chi connectivity index (χ3v) is 8.11. The van der Waals surface area contributed by atoms with Crippen molar-refractivity contribution < 1.29 is 24.2 Å². The first-order chi connectivity index (χ1) is 16.8. The maximum atomic E-state index is 13.7. The summed E-state index contributed by atoms with van der Waals surface area (Å²) >= 11 is 0. The van der Waals surface area contributed by atoms with Crippen LogP contribution in [0.25, 0.3) is 11.1 Å². The first-order valence-electron chi connectivity index (χ1n) is 12.5. The van der Waals surface area contributed by atoms with Crippen LogP contribution in [0, 0.1) is 11.8 Å². The van der Waals surface area contributed by atoms with E-state index in [0.717, 1.165) is 35.1 Å². The number of alkyl carbamates (subject to hydrolysis) is 1. The molecule has 0 bridgehead atoms. The molecule has 3 aliphatic rings. The van der Waals surface area contributed by atoms with E-state index in [1.807, 2.05) is 24.3 Å². The quantitative estimate of drug-likeness (QED) is 0.644. The normalized spacial score (nSPS) is 23.1. The van der Waals surface area contributed by atoms with Crippen molar-refractivity contribution in [3.05, 3.63) is 59.7 Å². The van der Waals surface area contributed by atoms with Gasteiger partial charge >= 0.3 is 12.1 Å². The van der Waals surface area contributed by atoms with Crippen molar-refractivity contribution in [1.29, 1.82) is 0 Å². The van der Waals surface area contributed by atoms with Gasteiger partial charge in [-0.15, -0.1) is 0 Å². The number of nitrogens with one attached hydrogen (secondary N) is 1. The van der Waals surface area contributed by atoms with Crippen molar-refractivity contribution in [3.8, 4) is 11.1 Å². The fraction of sp³-hybridized carbons (Fsp3) is 0.464. The van der Waals surface area contributed by atoms with Crippen molar-refractivity contribution in [3.63, 3.8) is 0 Å². The molecule has 3 atom stereocenters. The minimum atomic E-state index is -1.11. The largest absolute Gasteiger partial charge is 0.481 e. The highest BCUT2D eigenvalue weighted by Gasteiger charge is 2.52. The van der Waals surface area contributed by atoms with Gasteiger partial charge in [0.2, 0.25) is 5.91 Å². The summed E-state index contributed by atoms with van der Waals surface area (Å²) in [6.45, 7) is 4.22. The number of ether oxygens (including phenoxy) is 1. The van der Waals surface area contributed by atoms with Crippen LogP contribution in [0.4, 0.5) is 4.79 Å². The average molecular weight is 477 g/mol. The fourth-order valence-electron chi connectivity index (χ4n) is 5.90. The minimum absolute atomic E-state index is 0.0212. The van der Waals surface area contributed by atoms with Gasteiger partial charge < -0.3 is 20.1 Å². The number of carboxylic acid groups (broad SMARTS) is 1. The molecule has 2 aromatic rings. The number of likely N-dealkylation sites (tertiary alicyclic amines) is 1. The van der Waals surface area contributed by atoms with Crippen LogP contribution in [0.1, 0.15) is 56.6 Å². The van der Waals surface area contributed by atoms with Gasteiger partial charge in [-0.25, -0.2) is 4.79 Å². The lowest BCUT2D eigenvalue weighted by atomic mass is 9.86. The topological polar surface area (TPSA) is 95.9 Å². The van der Waals surface area contributed by atoms with Gasteiger partial charge in [0, 0.05) is 18.5 Å². The van der Waals surface area contributed by atoms with Crippen molar-refractivity contribution in [1.82, 2.24) is 10.2 Å². The van der Waals surface area contributed by atoms with E-state index in [2.05, 4.69) is 29.6 Å². The van der Waals surface area contributed by atoms with E-state index in [0.29, 0.717) is 19.4 Å². The zero-order chi connectivity index (χ0) is 24.7. The number of carbonyl (C=O) groups is 3. The molecule has 0 spiro atoms. The minimum Gasteiger partial charge on any atom is -0.481 e. The molecule has 2 aromatic carbocycles. The van der Waals surface area contributed by atoms with Crippen LogP contribution < -0.4 is 5.32 Å². The molecule has 0 aromatic heterocycles. The zero-order valence-electron chi connectivity index (χ0n) is 20.2. The summed E-state index contributed by atoms with van der Waals surface area (Å²) in [7, 11) is 0. The van der Waals surface area contributed by atoms with Crippen LogP contribution in [-0.4, -0.2) is 52.7 Å². The summed E-state index contributed by atoms with van der Waals surface area (Å²) in [6, 6.07) is 15.9. The molecular formula is C28H32N2O5. The Bertz CT molecular complexity index is 1110. The number of nitrogens with zero attached hydrogens (tertiary/aromatic N) is 1. The number of amides is 2. The van der Waals surface area contributed by atoms with Gasteiger partial charge in [0.15, 0.2) is 0 Å². The molecule has 2 amide bonds. The zero-order valence-corrected chi connectivity index (χ0v) is 20.2. The number of fused-ring (bicyclic) bond motifs is 3. The monoisotopic (exact) mass is 476 g/mol. The van der Waals surface area contributed by atoms with E-state index < -0.39 is 29.6 Å². The summed E-state index contributed by atoms with van der Waals surface area (Å²) in [5.74, 6) is -1.73. The van der Waals surface area contributed by atoms with Gasteiger partial charge in [0.1, 0.15) is 12.1 Å². The highest BCUT2D eigenvalue weighted by molar-refractivity contribution is 5.91. The number of hydrogen-bond acceptors (Lipinski definition) is 4. The molecular weight excluding hydrogens is 444 g/mol. The number of aliphatic carboxylic acids is 1. The number of carbonyl (C=O) groups excluding carboxylic acids is 2. The third-order valence-electron chi connectivity index (χ3n) is 8.11. The Morgan fingerprint density at radius 2 is 1.63 bits per heavy atom. The van der Waals surface area contributed by atoms with E-state index in [1.54, 1.807) is 18.7 Å². The smallest absolute Gasteiger partial charge is 0.408 e. The molecule has 1 unspecified atom stereocenters. The molecule has 5 rings (SSSR count). The second kappa shape index (κ2) is 9.02. The maximum Gasteiger partial charge on any atom is 0.408 e. The molecule has 2 N–H and O–H groups in total. The van der Waals surface area contributed by atoms with Crippen molar-refractivity contribution in [2.75, 3.05) is 13.2 Å².